The standard InChI is InChI=1S/C22H37N3O4/c1-23-22(25-11-9-20(10-12-25)28-15-5-13-26-2)24-18-19-7-4-8-21(17-19)29-16-6-14-27-3/h4,7-8,17,20H,5-6,9-16,18H2,1-3H3,(H,23,24). The highest BCUT2D eigenvalue weighted by molar-refractivity contribution is 5.80. The Labute approximate surface area is 175 Å². The summed E-state index contributed by atoms with van der Waals surface area (Å²) in [7, 11) is 5.27. The maximum Gasteiger partial charge on any atom is 0.193 e. The van der Waals surface area contributed by atoms with Crippen LogP contribution in [0.5, 0.6) is 5.75 Å². The van der Waals surface area contributed by atoms with E-state index in [1.807, 2.05) is 19.2 Å². The summed E-state index contributed by atoms with van der Waals surface area (Å²) in [4.78, 5) is 6.77. The third kappa shape index (κ3) is 9.02. The van der Waals surface area contributed by atoms with Crippen molar-refractivity contribution in [1.29, 1.82) is 0 Å². The van der Waals surface area contributed by atoms with Crippen LogP contribution in [0.4, 0.5) is 0 Å². The molecule has 0 bridgehead atoms. The number of nitrogens with one attached hydrogen (secondary N) is 1. The van der Waals surface area contributed by atoms with Gasteiger partial charge in [0.25, 0.3) is 0 Å². The van der Waals surface area contributed by atoms with Gasteiger partial charge in [-0.1, -0.05) is 12.1 Å². The SMILES string of the molecule is CN=C(NCc1cccc(OCCCOC)c1)N1CCC(OCCCOC)CC1. The molecule has 0 aromatic heterocycles. The average molecular weight is 408 g/mol. The first-order chi connectivity index (χ1) is 14.3. The Morgan fingerprint density at radius 2 is 1.79 bits per heavy atom. The Hall–Kier alpha value is -1.83. The van der Waals surface area contributed by atoms with Crippen molar-refractivity contribution < 1.29 is 18.9 Å². The van der Waals surface area contributed by atoms with Crippen LogP contribution in [0.1, 0.15) is 31.2 Å². The van der Waals surface area contributed by atoms with Gasteiger partial charge in [-0.25, -0.2) is 0 Å². The lowest BCUT2D eigenvalue weighted by Gasteiger charge is -2.34. The van der Waals surface area contributed by atoms with E-state index in [2.05, 4.69) is 27.3 Å². The molecule has 0 saturated carbocycles. The number of aliphatic imine (C=N–C) groups is 1. The number of ether oxygens (including phenoxy) is 4. The van der Waals surface area contributed by atoms with Crippen molar-refractivity contribution in [3.63, 3.8) is 0 Å². The highest BCUT2D eigenvalue weighted by Crippen LogP contribution is 2.16. The molecule has 7 nitrogen and oxygen atoms in total. The number of likely N-dealkylation sites (tertiary alicyclic amines) is 1. The van der Waals surface area contributed by atoms with Crippen LogP contribution in [0.25, 0.3) is 0 Å². The molecule has 0 radical (unpaired) electrons. The summed E-state index contributed by atoms with van der Waals surface area (Å²) in [5.41, 5.74) is 1.17. The minimum atomic E-state index is 0.341. The van der Waals surface area contributed by atoms with Gasteiger partial charge >= 0.3 is 0 Å². The van der Waals surface area contributed by atoms with Gasteiger partial charge in [-0.3, -0.25) is 4.99 Å². The van der Waals surface area contributed by atoms with Crippen LogP contribution in [0, 0.1) is 0 Å². The van der Waals surface area contributed by atoms with E-state index in [-0.39, 0.29) is 0 Å². The van der Waals surface area contributed by atoms with E-state index in [1.165, 1.54) is 5.56 Å². The Kier molecular flexibility index (Phi) is 11.5. The summed E-state index contributed by atoms with van der Waals surface area (Å²) < 4.78 is 21.9. The van der Waals surface area contributed by atoms with Gasteiger partial charge in [0.15, 0.2) is 5.96 Å². The molecule has 1 N–H and O–H groups in total. The van der Waals surface area contributed by atoms with Gasteiger partial charge in [-0.05, 0) is 37.0 Å². The van der Waals surface area contributed by atoms with E-state index in [0.29, 0.717) is 19.3 Å². The summed E-state index contributed by atoms with van der Waals surface area (Å²) in [5, 5.41) is 3.48. The minimum Gasteiger partial charge on any atom is -0.493 e. The van der Waals surface area contributed by atoms with Crippen molar-refractivity contribution in [3.8, 4) is 5.75 Å². The Morgan fingerprint density at radius 3 is 2.48 bits per heavy atom. The summed E-state index contributed by atoms with van der Waals surface area (Å²) in [6.45, 7) is 5.54. The maximum atomic E-state index is 5.95. The van der Waals surface area contributed by atoms with E-state index in [0.717, 1.165) is 70.2 Å². The largest absolute Gasteiger partial charge is 0.493 e. The zero-order chi connectivity index (χ0) is 20.7. The van der Waals surface area contributed by atoms with Crippen molar-refractivity contribution in [2.24, 2.45) is 4.99 Å². The number of hydrogen-bond acceptors (Lipinski definition) is 5. The number of nitrogens with zero attached hydrogens (tertiary/aromatic N) is 2. The number of rotatable bonds is 12. The molecule has 0 unspecified atom stereocenters. The molecule has 0 aliphatic carbocycles. The van der Waals surface area contributed by atoms with E-state index in [4.69, 9.17) is 18.9 Å². The first kappa shape index (κ1) is 23.4. The summed E-state index contributed by atoms with van der Waals surface area (Å²) in [5.74, 6) is 1.83. The topological polar surface area (TPSA) is 64.6 Å². The number of guanidine groups is 1. The zero-order valence-electron chi connectivity index (χ0n) is 18.2. The predicted octanol–water partition coefficient (Wildman–Crippen LogP) is 2.69. The zero-order valence-corrected chi connectivity index (χ0v) is 18.2. The van der Waals surface area contributed by atoms with Gasteiger partial charge in [-0.2, -0.15) is 0 Å². The molecular weight excluding hydrogens is 370 g/mol. The van der Waals surface area contributed by atoms with Crippen molar-refractivity contribution in [2.45, 2.75) is 38.3 Å². The predicted molar refractivity (Wildman–Crippen MR) is 116 cm³/mol. The Balaban J connectivity index is 1.72. The lowest BCUT2D eigenvalue weighted by Crippen LogP contribution is -2.46. The minimum absolute atomic E-state index is 0.341. The fourth-order valence-corrected chi connectivity index (χ4v) is 3.34. The summed E-state index contributed by atoms with van der Waals surface area (Å²) >= 11 is 0. The number of methoxy groups -OCH3 is 2. The van der Waals surface area contributed by atoms with Crippen molar-refractivity contribution >= 4 is 5.96 Å². The van der Waals surface area contributed by atoms with Crippen molar-refractivity contribution in [2.75, 3.05) is 60.8 Å². The molecule has 1 saturated heterocycles. The molecule has 1 aromatic rings. The molecule has 164 valence electrons. The number of piperidine rings is 1. The van der Waals surface area contributed by atoms with E-state index in [1.54, 1.807) is 14.2 Å². The second-order valence-electron chi connectivity index (χ2n) is 7.15. The van der Waals surface area contributed by atoms with Gasteiger partial charge in [0.2, 0.25) is 0 Å². The summed E-state index contributed by atoms with van der Waals surface area (Å²) in [6, 6.07) is 8.19. The van der Waals surface area contributed by atoms with Gasteiger partial charge in [0.05, 0.1) is 12.7 Å². The van der Waals surface area contributed by atoms with Crippen LogP contribution >= 0.6 is 0 Å². The van der Waals surface area contributed by atoms with Gasteiger partial charge < -0.3 is 29.2 Å². The quantitative estimate of drug-likeness (QED) is 0.327. The van der Waals surface area contributed by atoms with Gasteiger partial charge in [0, 0.05) is 67.1 Å². The second-order valence-corrected chi connectivity index (χ2v) is 7.15. The van der Waals surface area contributed by atoms with Crippen LogP contribution in [0.2, 0.25) is 0 Å². The second kappa shape index (κ2) is 14.2. The third-order valence-electron chi connectivity index (χ3n) is 4.91. The molecule has 0 atom stereocenters. The molecule has 1 heterocycles. The normalized spacial score (nSPS) is 15.6. The first-order valence-electron chi connectivity index (χ1n) is 10.5. The Bertz CT molecular complexity index is 589. The molecule has 29 heavy (non-hydrogen) atoms. The van der Waals surface area contributed by atoms with Crippen LogP contribution < -0.4 is 10.1 Å². The average Bonchev–Trinajstić information content (AvgIpc) is 2.76. The van der Waals surface area contributed by atoms with Crippen molar-refractivity contribution in [3.05, 3.63) is 29.8 Å². The number of benzene rings is 1. The maximum absolute atomic E-state index is 5.95. The Morgan fingerprint density at radius 1 is 1.07 bits per heavy atom. The molecular formula is C22H37N3O4. The summed E-state index contributed by atoms with van der Waals surface area (Å²) in [6.07, 6.45) is 4.23. The molecule has 1 aliphatic rings. The molecule has 0 spiro atoms. The van der Waals surface area contributed by atoms with Crippen molar-refractivity contribution in [1.82, 2.24) is 10.2 Å². The molecule has 1 aromatic carbocycles. The first-order valence-corrected chi connectivity index (χ1v) is 10.5. The van der Waals surface area contributed by atoms with Gasteiger partial charge in [-0.15, -0.1) is 0 Å². The van der Waals surface area contributed by atoms with E-state index >= 15 is 0 Å². The molecule has 2 rings (SSSR count). The molecule has 1 fully saturated rings. The lowest BCUT2D eigenvalue weighted by molar-refractivity contribution is 0.00989. The van der Waals surface area contributed by atoms with Gasteiger partial charge in [0.1, 0.15) is 5.75 Å². The van der Waals surface area contributed by atoms with Crippen LogP contribution in [-0.4, -0.2) is 77.7 Å². The van der Waals surface area contributed by atoms with Crippen LogP contribution in [0.3, 0.4) is 0 Å². The number of hydrogen-bond donors (Lipinski definition) is 1. The molecule has 0 amide bonds. The molecule has 7 heteroatoms. The fraction of sp³-hybridized carbons (Fsp3) is 0.682. The van der Waals surface area contributed by atoms with E-state index in [9.17, 15) is 0 Å². The monoisotopic (exact) mass is 407 g/mol. The van der Waals surface area contributed by atoms with Crippen LogP contribution in [-0.2, 0) is 20.8 Å². The van der Waals surface area contributed by atoms with Crippen LogP contribution in [0.15, 0.2) is 29.3 Å². The highest BCUT2D eigenvalue weighted by atomic mass is 16.5. The molecule has 1 aliphatic heterocycles. The highest BCUT2D eigenvalue weighted by Gasteiger charge is 2.21. The fourth-order valence-electron chi connectivity index (χ4n) is 3.34. The smallest absolute Gasteiger partial charge is 0.193 e. The third-order valence-corrected chi connectivity index (χ3v) is 4.91. The van der Waals surface area contributed by atoms with E-state index < -0.39 is 0 Å². The lowest BCUT2D eigenvalue weighted by atomic mass is 10.1.